The Bertz CT molecular complexity index is 694. The smallest absolute Gasteiger partial charge is 0.187 e. The molecule has 117 valence electrons. The van der Waals surface area contributed by atoms with E-state index in [1.54, 1.807) is 13.2 Å². The number of hydrogen-bond donors (Lipinski definition) is 0. The number of methoxy groups -OCH3 is 1. The van der Waals surface area contributed by atoms with Crippen molar-refractivity contribution < 1.29 is 18.9 Å². The van der Waals surface area contributed by atoms with Gasteiger partial charge in [-0.2, -0.15) is 0 Å². The van der Waals surface area contributed by atoms with Crippen molar-refractivity contribution in [2.75, 3.05) is 20.3 Å². The SMILES string of the molecule is [C]#Cc1ccc(OCc2ccc(OC)cc2)c(C2OCCO2)c1. The van der Waals surface area contributed by atoms with E-state index in [9.17, 15) is 0 Å². The van der Waals surface area contributed by atoms with Crippen LogP contribution in [0.1, 0.15) is 23.0 Å². The molecule has 4 nitrogen and oxygen atoms in total. The number of benzene rings is 2. The van der Waals surface area contributed by atoms with Crippen molar-refractivity contribution >= 4 is 0 Å². The van der Waals surface area contributed by atoms with Gasteiger partial charge < -0.3 is 18.9 Å². The first kappa shape index (κ1) is 15.4. The lowest BCUT2D eigenvalue weighted by Gasteiger charge is -2.16. The van der Waals surface area contributed by atoms with Crippen LogP contribution >= 0.6 is 0 Å². The second-order valence-corrected chi connectivity index (χ2v) is 5.09. The van der Waals surface area contributed by atoms with E-state index in [0.717, 1.165) is 16.9 Å². The molecule has 1 heterocycles. The molecule has 0 N–H and O–H groups in total. The molecule has 0 aliphatic carbocycles. The summed E-state index contributed by atoms with van der Waals surface area (Å²) in [6.07, 6.45) is 6.82. The van der Waals surface area contributed by atoms with Gasteiger partial charge in [-0.05, 0) is 42.3 Å². The van der Waals surface area contributed by atoms with Gasteiger partial charge >= 0.3 is 0 Å². The van der Waals surface area contributed by atoms with Gasteiger partial charge in [-0.25, -0.2) is 0 Å². The molecular formula is C19H17O4. The van der Waals surface area contributed by atoms with Crippen LogP contribution < -0.4 is 9.47 Å². The second kappa shape index (κ2) is 7.19. The lowest BCUT2D eigenvalue weighted by molar-refractivity contribution is -0.0458. The van der Waals surface area contributed by atoms with Crippen LogP contribution in [0.4, 0.5) is 0 Å². The Morgan fingerprint density at radius 2 is 1.87 bits per heavy atom. The van der Waals surface area contributed by atoms with E-state index in [0.29, 0.717) is 31.1 Å². The zero-order valence-electron chi connectivity index (χ0n) is 12.9. The second-order valence-electron chi connectivity index (χ2n) is 5.09. The van der Waals surface area contributed by atoms with Gasteiger partial charge in [0.2, 0.25) is 0 Å². The maximum absolute atomic E-state index is 7.27. The fraction of sp³-hybridized carbons (Fsp3) is 0.263. The number of ether oxygens (including phenoxy) is 4. The Morgan fingerprint density at radius 3 is 2.52 bits per heavy atom. The number of rotatable bonds is 5. The summed E-state index contributed by atoms with van der Waals surface area (Å²) in [4.78, 5) is 0. The first-order valence-corrected chi connectivity index (χ1v) is 7.36. The topological polar surface area (TPSA) is 36.9 Å². The molecule has 0 atom stereocenters. The zero-order valence-corrected chi connectivity index (χ0v) is 12.9. The van der Waals surface area contributed by atoms with Gasteiger partial charge in [0.1, 0.15) is 18.1 Å². The van der Waals surface area contributed by atoms with Crippen molar-refractivity contribution in [3.05, 3.63) is 65.6 Å². The van der Waals surface area contributed by atoms with Gasteiger partial charge in [0.15, 0.2) is 6.29 Å². The van der Waals surface area contributed by atoms with Crippen LogP contribution in [0.5, 0.6) is 11.5 Å². The summed E-state index contributed by atoms with van der Waals surface area (Å²) in [7, 11) is 1.64. The fourth-order valence-electron chi connectivity index (χ4n) is 2.36. The molecule has 0 aromatic heterocycles. The molecule has 0 unspecified atom stereocenters. The molecule has 0 bridgehead atoms. The molecular weight excluding hydrogens is 292 g/mol. The van der Waals surface area contributed by atoms with E-state index in [-0.39, 0.29) is 0 Å². The quantitative estimate of drug-likeness (QED) is 0.795. The van der Waals surface area contributed by atoms with Crippen LogP contribution in [0, 0.1) is 12.3 Å². The summed E-state index contributed by atoms with van der Waals surface area (Å²) in [6, 6.07) is 13.1. The summed E-state index contributed by atoms with van der Waals surface area (Å²) < 4.78 is 22.2. The molecule has 1 radical (unpaired) electrons. The van der Waals surface area contributed by atoms with Crippen LogP contribution in [0.3, 0.4) is 0 Å². The summed E-state index contributed by atoms with van der Waals surface area (Å²) in [5.74, 6) is 3.87. The van der Waals surface area contributed by atoms with Crippen LogP contribution in [0.2, 0.25) is 0 Å². The molecule has 2 aromatic rings. The maximum atomic E-state index is 7.27. The van der Waals surface area contributed by atoms with Gasteiger partial charge in [0.05, 0.1) is 25.9 Å². The van der Waals surface area contributed by atoms with Crippen molar-refractivity contribution in [1.29, 1.82) is 0 Å². The highest BCUT2D eigenvalue weighted by Gasteiger charge is 2.22. The predicted octanol–water partition coefficient (Wildman–Crippen LogP) is 3.26. The lowest BCUT2D eigenvalue weighted by atomic mass is 10.1. The fourth-order valence-corrected chi connectivity index (χ4v) is 2.36. The third-order valence-electron chi connectivity index (χ3n) is 3.58. The Morgan fingerprint density at radius 1 is 1.13 bits per heavy atom. The lowest BCUT2D eigenvalue weighted by Crippen LogP contribution is -2.04. The standard InChI is InChI=1S/C19H17O4/c1-3-14-6-9-18(17(12-14)19-21-10-11-22-19)23-13-15-4-7-16(20-2)8-5-15/h4-9,12,19H,10-11,13H2,2H3. The maximum Gasteiger partial charge on any atom is 0.187 e. The average Bonchev–Trinajstić information content (AvgIpc) is 3.14. The van der Waals surface area contributed by atoms with Gasteiger partial charge in [0.25, 0.3) is 0 Å². The summed E-state index contributed by atoms with van der Waals surface area (Å²) in [6.45, 7) is 1.54. The molecule has 0 spiro atoms. The largest absolute Gasteiger partial charge is 0.497 e. The van der Waals surface area contributed by atoms with Crippen molar-refractivity contribution in [1.82, 2.24) is 0 Å². The molecule has 1 saturated heterocycles. The Kier molecular flexibility index (Phi) is 4.82. The van der Waals surface area contributed by atoms with E-state index in [1.165, 1.54) is 0 Å². The van der Waals surface area contributed by atoms with E-state index in [1.807, 2.05) is 36.4 Å². The van der Waals surface area contributed by atoms with Crippen LogP contribution in [0.25, 0.3) is 0 Å². The highest BCUT2D eigenvalue weighted by Crippen LogP contribution is 2.32. The zero-order chi connectivity index (χ0) is 16.1. The highest BCUT2D eigenvalue weighted by atomic mass is 16.7. The van der Waals surface area contributed by atoms with Gasteiger partial charge in [-0.15, -0.1) is 0 Å². The van der Waals surface area contributed by atoms with Crippen LogP contribution in [-0.2, 0) is 16.1 Å². The van der Waals surface area contributed by atoms with Gasteiger partial charge in [0, 0.05) is 5.56 Å². The normalized spacial score (nSPS) is 14.4. The molecule has 0 amide bonds. The molecule has 3 rings (SSSR count). The first-order chi connectivity index (χ1) is 11.3. The van der Waals surface area contributed by atoms with E-state index < -0.39 is 6.29 Å². The Hall–Kier alpha value is -2.48. The van der Waals surface area contributed by atoms with Gasteiger partial charge in [-0.1, -0.05) is 18.1 Å². The Labute approximate surface area is 135 Å². The molecule has 4 heteroatoms. The van der Waals surface area contributed by atoms with Crippen molar-refractivity contribution in [2.45, 2.75) is 12.9 Å². The first-order valence-electron chi connectivity index (χ1n) is 7.36. The van der Waals surface area contributed by atoms with Crippen LogP contribution in [0.15, 0.2) is 42.5 Å². The van der Waals surface area contributed by atoms with Crippen LogP contribution in [-0.4, -0.2) is 20.3 Å². The van der Waals surface area contributed by atoms with Gasteiger partial charge in [-0.3, -0.25) is 0 Å². The van der Waals surface area contributed by atoms with E-state index >= 15 is 0 Å². The molecule has 1 fully saturated rings. The summed E-state index contributed by atoms with van der Waals surface area (Å²) in [5.41, 5.74) is 2.48. The van der Waals surface area contributed by atoms with Crippen molar-refractivity contribution in [3.63, 3.8) is 0 Å². The monoisotopic (exact) mass is 309 g/mol. The molecule has 2 aromatic carbocycles. The number of hydrogen-bond acceptors (Lipinski definition) is 4. The van der Waals surface area contributed by atoms with E-state index in [2.05, 4.69) is 5.92 Å². The minimum Gasteiger partial charge on any atom is -0.497 e. The molecule has 23 heavy (non-hydrogen) atoms. The summed E-state index contributed by atoms with van der Waals surface area (Å²) in [5, 5.41) is 0. The van der Waals surface area contributed by atoms with E-state index in [4.69, 9.17) is 25.4 Å². The van der Waals surface area contributed by atoms with Crippen molar-refractivity contribution in [3.8, 4) is 17.4 Å². The predicted molar refractivity (Wildman–Crippen MR) is 84.6 cm³/mol. The minimum absolute atomic E-state index is 0.428. The third-order valence-corrected chi connectivity index (χ3v) is 3.58. The minimum atomic E-state index is -0.450. The third kappa shape index (κ3) is 3.65. The molecule has 1 aliphatic rings. The molecule has 0 saturated carbocycles. The average molecular weight is 309 g/mol. The summed E-state index contributed by atoms with van der Waals surface area (Å²) >= 11 is 0. The van der Waals surface area contributed by atoms with Crippen molar-refractivity contribution in [2.24, 2.45) is 0 Å². The highest BCUT2D eigenvalue weighted by molar-refractivity contribution is 5.43. The molecule has 1 aliphatic heterocycles. The Balaban J connectivity index is 1.77.